The summed E-state index contributed by atoms with van der Waals surface area (Å²) in [6.45, 7) is 30.1. The van der Waals surface area contributed by atoms with Gasteiger partial charge in [-0.2, -0.15) is 0 Å². The number of para-hydroxylation sites is 3. The van der Waals surface area contributed by atoms with Crippen molar-refractivity contribution in [2.24, 2.45) is 35.5 Å². The normalized spacial score (nSPS) is 20.7. The highest BCUT2D eigenvalue weighted by Gasteiger charge is 2.52. The molecule has 12 rings (SSSR count). The maximum absolute atomic E-state index is 5.73. The second-order valence-electron chi connectivity index (χ2n) is 24.7. The molecule has 3 nitrogen and oxygen atoms in total. The van der Waals surface area contributed by atoms with Crippen molar-refractivity contribution in [3.8, 4) is 17.2 Å². The minimum Gasteiger partial charge on any atom is -0.493 e. The molecule has 402 valence electrons. The third kappa shape index (κ3) is 15.4. The lowest BCUT2D eigenvalue weighted by atomic mass is 9.84. The molecule has 3 aliphatic heterocycles. The van der Waals surface area contributed by atoms with Gasteiger partial charge < -0.3 is 14.2 Å². The molecule has 3 aliphatic carbocycles. The zero-order chi connectivity index (χ0) is 53.5. The van der Waals surface area contributed by atoms with E-state index in [9.17, 15) is 0 Å². The highest BCUT2D eigenvalue weighted by molar-refractivity contribution is 5.47. The summed E-state index contributed by atoms with van der Waals surface area (Å²) in [6, 6.07) is 53.9. The van der Waals surface area contributed by atoms with E-state index in [4.69, 9.17) is 14.2 Å². The largest absolute Gasteiger partial charge is 0.493 e. The van der Waals surface area contributed by atoms with E-state index in [1.807, 2.05) is 12.1 Å². The van der Waals surface area contributed by atoms with Crippen LogP contribution in [0, 0.1) is 35.5 Å². The summed E-state index contributed by atoms with van der Waals surface area (Å²) in [5, 5.41) is 0. The van der Waals surface area contributed by atoms with Gasteiger partial charge in [-0.05, 0) is 180 Å². The van der Waals surface area contributed by atoms with Crippen LogP contribution in [0.3, 0.4) is 0 Å². The molecular formula is C72H96O3. The van der Waals surface area contributed by atoms with Gasteiger partial charge >= 0.3 is 0 Å². The molecule has 1 spiro atoms. The van der Waals surface area contributed by atoms with Crippen molar-refractivity contribution in [1.29, 1.82) is 0 Å². The summed E-state index contributed by atoms with van der Waals surface area (Å²) in [4.78, 5) is 0. The van der Waals surface area contributed by atoms with E-state index >= 15 is 0 Å². The second kappa shape index (κ2) is 27.7. The average molecular weight is 1010 g/mol. The first-order valence-electron chi connectivity index (χ1n) is 29.5. The summed E-state index contributed by atoms with van der Waals surface area (Å²) in [7, 11) is 0. The fourth-order valence-electron chi connectivity index (χ4n) is 12.6. The number of ether oxygens (including phenoxy) is 3. The Labute approximate surface area is 456 Å². The first-order chi connectivity index (χ1) is 36.2. The van der Waals surface area contributed by atoms with Crippen LogP contribution in [-0.2, 0) is 18.3 Å². The molecule has 3 heteroatoms. The zero-order valence-corrected chi connectivity index (χ0v) is 48.5. The van der Waals surface area contributed by atoms with Crippen molar-refractivity contribution < 1.29 is 14.2 Å². The predicted octanol–water partition coefficient (Wildman–Crippen LogP) is 19.7. The van der Waals surface area contributed by atoms with Crippen LogP contribution in [0.5, 0.6) is 17.2 Å². The van der Waals surface area contributed by atoms with Gasteiger partial charge in [0.15, 0.2) is 0 Å². The molecule has 0 aromatic heterocycles. The standard InChI is InChI=1S/C14H18.C13H18O.C12H16O.C12H16.C11H14O.C10H14/c1-10(2)12-9-14(7-8-14)13-6-4-3-5-11(12)13;1-10(2)11-7-5-9-14-13-8-4-3-6-12(11)13;1-9(2)10-7-8-13-12-6-4-3-5-11(10)12;1-9(2)11-8-7-10-5-3-4-6-12(10)11;1-8(2)10-7-12-11-6-4-3-5-9(10)11;1-9(2)8-10-6-4-3-5-7-10/h3-6,10,12H,7-9H2,1-2H3;3-4,6,8,10-11H,5,7,9H2,1-2H3;3-6,9-10H,7-8H2,1-2H3;3-6,9,11H,7-8H2,1-2H3;3-6,8,10H,7H2,1-2H3;3-7,9H,8H2,1-2H3. The van der Waals surface area contributed by atoms with Gasteiger partial charge in [0.25, 0.3) is 0 Å². The Morgan fingerprint density at radius 1 is 0.400 bits per heavy atom. The molecule has 0 bridgehead atoms. The highest BCUT2D eigenvalue weighted by Crippen LogP contribution is 2.62. The molecule has 1 fully saturated rings. The monoisotopic (exact) mass is 1010 g/mol. The Morgan fingerprint density at radius 3 is 1.39 bits per heavy atom. The topological polar surface area (TPSA) is 27.7 Å². The van der Waals surface area contributed by atoms with Crippen LogP contribution in [0.25, 0.3) is 0 Å². The van der Waals surface area contributed by atoms with Crippen molar-refractivity contribution in [1.82, 2.24) is 0 Å². The van der Waals surface area contributed by atoms with E-state index in [0.29, 0.717) is 40.9 Å². The smallest absolute Gasteiger partial charge is 0.122 e. The number of benzene rings is 6. The Hall–Kier alpha value is -5.28. The molecule has 5 atom stereocenters. The summed E-state index contributed by atoms with van der Waals surface area (Å²) >= 11 is 0. The van der Waals surface area contributed by atoms with Gasteiger partial charge in [-0.3, -0.25) is 0 Å². The summed E-state index contributed by atoms with van der Waals surface area (Å²) in [6.07, 6.45) is 11.7. The first-order valence-corrected chi connectivity index (χ1v) is 29.5. The lowest BCUT2D eigenvalue weighted by Crippen LogP contribution is -2.17. The van der Waals surface area contributed by atoms with Gasteiger partial charge in [0.1, 0.15) is 17.2 Å². The third-order valence-corrected chi connectivity index (χ3v) is 17.1. The third-order valence-electron chi connectivity index (χ3n) is 17.1. The zero-order valence-electron chi connectivity index (χ0n) is 48.5. The highest BCUT2D eigenvalue weighted by atomic mass is 16.5. The minimum atomic E-state index is 0.598. The summed E-state index contributed by atoms with van der Waals surface area (Å²) in [5.41, 5.74) is 12.8. The average Bonchev–Trinajstić information content (AvgIpc) is 3.77. The number of rotatable bonds is 7. The predicted molar refractivity (Wildman–Crippen MR) is 319 cm³/mol. The van der Waals surface area contributed by atoms with E-state index < -0.39 is 0 Å². The van der Waals surface area contributed by atoms with Crippen LogP contribution in [0.4, 0.5) is 0 Å². The Balaban J connectivity index is 0.000000132. The van der Waals surface area contributed by atoms with Gasteiger partial charge in [0.2, 0.25) is 0 Å². The number of fused-ring (bicyclic) bond motifs is 6. The van der Waals surface area contributed by atoms with Gasteiger partial charge in [-0.25, -0.2) is 0 Å². The molecule has 0 N–H and O–H groups in total. The molecule has 0 radical (unpaired) electrons. The molecule has 0 saturated heterocycles. The Bertz CT molecular complexity index is 2560. The van der Waals surface area contributed by atoms with Gasteiger partial charge in [-0.1, -0.05) is 217 Å². The van der Waals surface area contributed by atoms with Crippen molar-refractivity contribution in [2.45, 2.75) is 176 Å². The van der Waals surface area contributed by atoms with E-state index in [2.05, 4.69) is 223 Å². The quantitative estimate of drug-likeness (QED) is 0.159. The number of aryl methyl sites for hydroxylation is 1. The van der Waals surface area contributed by atoms with Gasteiger partial charge in [0, 0.05) is 11.5 Å². The van der Waals surface area contributed by atoms with Crippen molar-refractivity contribution in [3.05, 3.63) is 196 Å². The van der Waals surface area contributed by atoms with Crippen LogP contribution in [-0.4, -0.2) is 19.8 Å². The van der Waals surface area contributed by atoms with Crippen molar-refractivity contribution in [2.75, 3.05) is 19.8 Å². The van der Waals surface area contributed by atoms with Gasteiger partial charge in [0.05, 0.1) is 19.8 Å². The maximum Gasteiger partial charge on any atom is 0.122 e. The maximum atomic E-state index is 5.73. The molecule has 0 amide bonds. The fraction of sp³-hybridized carbons (Fsp3) is 0.500. The van der Waals surface area contributed by atoms with Crippen LogP contribution >= 0.6 is 0 Å². The molecular weight excluding hydrogens is 913 g/mol. The minimum absolute atomic E-state index is 0.598. The lowest BCUT2D eigenvalue weighted by molar-refractivity contribution is 0.247. The van der Waals surface area contributed by atoms with Crippen LogP contribution in [0.15, 0.2) is 152 Å². The van der Waals surface area contributed by atoms with Crippen LogP contribution in [0.1, 0.15) is 202 Å². The fourth-order valence-corrected chi connectivity index (χ4v) is 12.6. The Kier molecular flexibility index (Phi) is 21.2. The molecule has 75 heavy (non-hydrogen) atoms. The van der Waals surface area contributed by atoms with E-state index in [1.165, 1.54) is 73.6 Å². The second-order valence-corrected chi connectivity index (χ2v) is 24.7. The number of hydrogen-bond donors (Lipinski definition) is 0. The van der Waals surface area contributed by atoms with Crippen LogP contribution in [0.2, 0.25) is 0 Å². The van der Waals surface area contributed by atoms with Crippen molar-refractivity contribution >= 4 is 0 Å². The molecule has 3 heterocycles. The lowest BCUT2D eigenvalue weighted by Gasteiger charge is -2.28. The SMILES string of the molecule is CC(C)C1CC2(CC2)c2ccccc21.CC(C)C1CCCOc2ccccc21.CC(C)C1CCOc2ccccc21.CC(C)C1CCc2ccccc21.CC(C)C1COc2ccccc21.CC(C)Cc1ccccc1. The number of hydrogen-bond acceptors (Lipinski definition) is 3. The molecule has 6 aliphatic rings. The first kappa shape index (κ1) is 57.4. The summed E-state index contributed by atoms with van der Waals surface area (Å²) < 4.78 is 16.9. The van der Waals surface area contributed by atoms with E-state index in [1.54, 1.807) is 22.3 Å². The van der Waals surface area contributed by atoms with E-state index in [0.717, 1.165) is 73.1 Å². The van der Waals surface area contributed by atoms with E-state index in [-0.39, 0.29) is 0 Å². The molecule has 6 aromatic rings. The van der Waals surface area contributed by atoms with Gasteiger partial charge in [-0.15, -0.1) is 0 Å². The van der Waals surface area contributed by atoms with Crippen LogP contribution < -0.4 is 14.2 Å². The molecule has 5 unspecified atom stereocenters. The van der Waals surface area contributed by atoms with Crippen molar-refractivity contribution in [3.63, 3.8) is 0 Å². The molecule has 6 aromatic carbocycles. The molecule has 1 saturated carbocycles. The Morgan fingerprint density at radius 2 is 0.840 bits per heavy atom. The summed E-state index contributed by atoms with van der Waals surface area (Å²) in [5.74, 6) is 11.3.